The van der Waals surface area contributed by atoms with Crippen LogP contribution in [0, 0.1) is 0 Å². The zero-order valence-electron chi connectivity index (χ0n) is 14.2. The standard InChI is InChI=1S/C18H23N5O2/c1-2-9-23-17(7-8-20-23)22-18(25)21-14(12-24)10-13-11-19-16-6-4-3-5-15(13)16/h3-8,11,14,19,24H,2,9-10,12H2,1H3,(H2,21,22,25)/t14-/m0/s1. The molecule has 1 atom stereocenters. The van der Waals surface area contributed by atoms with E-state index >= 15 is 0 Å². The topological polar surface area (TPSA) is 95.0 Å². The highest BCUT2D eigenvalue weighted by atomic mass is 16.3. The number of fused-ring (bicyclic) bond motifs is 1. The summed E-state index contributed by atoms with van der Waals surface area (Å²) < 4.78 is 1.74. The first-order chi connectivity index (χ1) is 12.2. The number of urea groups is 1. The maximum atomic E-state index is 12.2. The quantitative estimate of drug-likeness (QED) is 0.532. The summed E-state index contributed by atoms with van der Waals surface area (Å²) in [6, 6.07) is 9.00. The van der Waals surface area contributed by atoms with Crippen LogP contribution < -0.4 is 10.6 Å². The van der Waals surface area contributed by atoms with Crippen molar-refractivity contribution in [3.8, 4) is 0 Å². The number of nitrogens with one attached hydrogen (secondary N) is 3. The minimum absolute atomic E-state index is 0.138. The maximum Gasteiger partial charge on any atom is 0.320 e. The number of carbonyl (C=O) groups is 1. The van der Waals surface area contributed by atoms with Gasteiger partial charge in [0.1, 0.15) is 5.82 Å². The molecule has 132 valence electrons. The van der Waals surface area contributed by atoms with Crippen molar-refractivity contribution < 1.29 is 9.90 Å². The Labute approximate surface area is 146 Å². The van der Waals surface area contributed by atoms with E-state index < -0.39 is 0 Å². The van der Waals surface area contributed by atoms with Crippen molar-refractivity contribution in [3.63, 3.8) is 0 Å². The smallest absolute Gasteiger partial charge is 0.320 e. The first kappa shape index (κ1) is 17.0. The second-order valence-electron chi connectivity index (χ2n) is 5.98. The molecule has 4 N–H and O–H groups in total. The van der Waals surface area contributed by atoms with Gasteiger partial charge in [0.2, 0.25) is 0 Å². The summed E-state index contributed by atoms with van der Waals surface area (Å²) in [7, 11) is 0. The van der Waals surface area contributed by atoms with Crippen LogP contribution in [0.25, 0.3) is 10.9 Å². The van der Waals surface area contributed by atoms with Crippen molar-refractivity contribution >= 4 is 22.8 Å². The van der Waals surface area contributed by atoms with E-state index in [2.05, 4.69) is 27.6 Å². The van der Waals surface area contributed by atoms with Gasteiger partial charge in [-0.2, -0.15) is 5.10 Å². The second kappa shape index (κ2) is 7.85. The molecule has 2 heterocycles. The number of aryl methyl sites for hydroxylation is 1. The molecule has 0 bridgehead atoms. The van der Waals surface area contributed by atoms with Crippen molar-refractivity contribution in [3.05, 3.63) is 48.3 Å². The summed E-state index contributed by atoms with van der Waals surface area (Å²) >= 11 is 0. The number of aromatic nitrogens is 3. The lowest BCUT2D eigenvalue weighted by atomic mass is 10.1. The Morgan fingerprint density at radius 2 is 2.20 bits per heavy atom. The van der Waals surface area contributed by atoms with Crippen molar-refractivity contribution in [2.45, 2.75) is 32.4 Å². The molecule has 0 saturated carbocycles. The largest absolute Gasteiger partial charge is 0.394 e. The van der Waals surface area contributed by atoms with Gasteiger partial charge >= 0.3 is 6.03 Å². The molecule has 0 aliphatic heterocycles. The van der Waals surface area contributed by atoms with E-state index in [-0.39, 0.29) is 18.7 Å². The van der Waals surface area contributed by atoms with Gasteiger partial charge in [-0.1, -0.05) is 25.1 Å². The van der Waals surface area contributed by atoms with E-state index in [1.807, 2.05) is 30.5 Å². The third kappa shape index (κ3) is 4.00. The van der Waals surface area contributed by atoms with Gasteiger partial charge in [-0.15, -0.1) is 0 Å². The fourth-order valence-electron chi connectivity index (χ4n) is 2.89. The van der Waals surface area contributed by atoms with Crippen LogP contribution in [0.2, 0.25) is 0 Å². The van der Waals surface area contributed by atoms with Crippen LogP contribution in [-0.2, 0) is 13.0 Å². The first-order valence-corrected chi connectivity index (χ1v) is 8.46. The highest BCUT2D eigenvalue weighted by Crippen LogP contribution is 2.19. The van der Waals surface area contributed by atoms with Crippen molar-refractivity contribution in [2.75, 3.05) is 11.9 Å². The molecule has 0 saturated heterocycles. The predicted molar refractivity (Wildman–Crippen MR) is 97.5 cm³/mol. The summed E-state index contributed by atoms with van der Waals surface area (Å²) in [5.41, 5.74) is 2.10. The Hall–Kier alpha value is -2.80. The minimum atomic E-state index is -0.373. The summed E-state index contributed by atoms with van der Waals surface area (Å²) in [4.78, 5) is 15.5. The van der Waals surface area contributed by atoms with E-state index in [9.17, 15) is 9.90 Å². The number of amides is 2. The molecule has 0 aliphatic carbocycles. The Balaban J connectivity index is 1.63. The first-order valence-electron chi connectivity index (χ1n) is 8.46. The molecule has 0 spiro atoms. The fraction of sp³-hybridized carbons (Fsp3) is 0.333. The summed E-state index contributed by atoms with van der Waals surface area (Å²) in [6.45, 7) is 2.65. The maximum absolute atomic E-state index is 12.2. The third-order valence-corrected chi connectivity index (χ3v) is 4.09. The van der Waals surface area contributed by atoms with Gasteiger partial charge in [-0.25, -0.2) is 9.48 Å². The lowest BCUT2D eigenvalue weighted by molar-refractivity contribution is 0.224. The molecule has 0 aliphatic rings. The van der Waals surface area contributed by atoms with Crippen LogP contribution in [0.3, 0.4) is 0 Å². The minimum Gasteiger partial charge on any atom is -0.394 e. The van der Waals surface area contributed by atoms with Crippen molar-refractivity contribution in [1.29, 1.82) is 0 Å². The molecule has 1 aromatic carbocycles. The number of anilines is 1. The van der Waals surface area contributed by atoms with E-state index in [4.69, 9.17) is 0 Å². The number of benzene rings is 1. The molecule has 7 heteroatoms. The molecule has 2 aromatic heterocycles. The van der Waals surface area contributed by atoms with Crippen LogP contribution >= 0.6 is 0 Å². The number of hydrogen-bond donors (Lipinski definition) is 4. The average molecular weight is 341 g/mol. The van der Waals surface area contributed by atoms with Gasteiger partial charge in [-0.05, 0) is 24.5 Å². The van der Waals surface area contributed by atoms with Gasteiger partial charge in [0.15, 0.2) is 0 Å². The van der Waals surface area contributed by atoms with Gasteiger partial charge < -0.3 is 15.4 Å². The van der Waals surface area contributed by atoms with E-state index in [0.717, 1.165) is 29.4 Å². The van der Waals surface area contributed by atoms with Crippen molar-refractivity contribution in [1.82, 2.24) is 20.1 Å². The number of nitrogens with zero attached hydrogens (tertiary/aromatic N) is 2. The van der Waals surface area contributed by atoms with Gasteiger partial charge in [-0.3, -0.25) is 5.32 Å². The number of carbonyl (C=O) groups excluding carboxylic acids is 1. The number of H-pyrrole nitrogens is 1. The van der Waals surface area contributed by atoms with Crippen LogP contribution in [0.1, 0.15) is 18.9 Å². The molecular formula is C18H23N5O2. The molecule has 7 nitrogen and oxygen atoms in total. The normalized spacial score (nSPS) is 12.2. The number of aliphatic hydroxyl groups excluding tert-OH is 1. The molecule has 0 unspecified atom stereocenters. The Kier molecular flexibility index (Phi) is 5.35. The zero-order chi connectivity index (χ0) is 17.6. The van der Waals surface area contributed by atoms with E-state index in [1.165, 1.54) is 0 Å². The Bertz CT molecular complexity index is 839. The van der Waals surface area contributed by atoms with Crippen LogP contribution in [0.4, 0.5) is 10.6 Å². The zero-order valence-corrected chi connectivity index (χ0v) is 14.2. The summed E-state index contributed by atoms with van der Waals surface area (Å²) in [5, 5.41) is 20.5. The monoisotopic (exact) mass is 341 g/mol. The number of aliphatic hydroxyl groups is 1. The van der Waals surface area contributed by atoms with Crippen LogP contribution in [-0.4, -0.2) is 38.6 Å². The van der Waals surface area contributed by atoms with Gasteiger partial charge in [0.05, 0.1) is 18.8 Å². The Morgan fingerprint density at radius 1 is 1.36 bits per heavy atom. The average Bonchev–Trinajstić information content (AvgIpc) is 3.22. The highest BCUT2D eigenvalue weighted by molar-refractivity contribution is 5.88. The van der Waals surface area contributed by atoms with E-state index in [1.54, 1.807) is 16.9 Å². The highest BCUT2D eigenvalue weighted by Gasteiger charge is 2.15. The van der Waals surface area contributed by atoms with Crippen molar-refractivity contribution in [2.24, 2.45) is 0 Å². The number of hydrogen-bond acceptors (Lipinski definition) is 3. The molecule has 3 rings (SSSR count). The number of rotatable bonds is 7. The van der Waals surface area contributed by atoms with Gasteiger partial charge in [0, 0.05) is 29.7 Å². The van der Waals surface area contributed by atoms with E-state index in [0.29, 0.717) is 12.2 Å². The molecular weight excluding hydrogens is 318 g/mol. The lowest BCUT2D eigenvalue weighted by Crippen LogP contribution is -2.41. The summed E-state index contributed by atoms with van der Waals surface area (Å²) in [6.07, 6.45) is 5.05. The molecule has 3 aromatic rings. The second-order valence-corrected chi connectivity index (χ2v) is 5.98. The Morgan fingerprint density at radius 3 is 3.00 bits per heavy atom. The molecule has 2 amide bonds. The molecule has 0 fully saturated rings. The van der Waals surface area contributed by atoms with Crippen LogP contribution in [0.5, 0.6) is 0 Å². The van der Waals surface area contributed by atoms with Gasteiger partial charge in [0.25, 0.3) is 0 Å². The number of para-hydroxylation sites is 1. The predicted octanol–water partition coefficient (Wildman–Crippen LogP) is 2.50. The fourth-order valence-corrected chi connectivity index (χ4v) is 2.89. The molecule has 0 radical (unpaired) electrons. The van der Waals surface area contributed by atoms with Crippen LogP contribution in [0.15, 0.2) is 42.7 Å². The molecule has 25 heavy (non-hydrogen) atoms. The third-order valence-electron chi connectivity index (χ3n) is 4.09. The number of aromatic amines is 1. The summed E-state index contributed by atoms with van der Waals surface area (Å²) in [5.74, 6) is 0.642. The lowest BCUT2D eigenvalue weighted by Gasteiger charge is -2.17. The SMILES string of the molecule is CCCn1nccc1NC(=O)N[C@H](CO)Cc1c[nH]c2ccccc12.